The van der Waals surface area contributed by atoms with Crippen molar-refractivity contribution in [2.45, 2.75) is 26.3 Å². The fourth-order valence-electron chi connectivity index (χ4n) is 1.67. The monoisotopic (exact) mass is 179 g/mol. The van der Waals surface area contributed by atoms with Crippen molar-refractivity contribution >= 4 is 0 Å². The van der Waals surface area contributed by atoms with Gasteiger partial charge in [0.25, 0.3) is 0 Å². The van der Waals surface area contributed by atoms with Crippen LogP contribution in [0.4, 0.5) is 0 Å². The average Bonchev–Trinajstić information content (AvgIpc) is 2.86. The van der Waals surface area contributed by atoms with Gasteiger partial charge in [-0.25, -0.2) is 0 Å². The number of hydrogen-bond donors (Lipinski definition) is 1. The molecule has 2 nitrogen and oxygen atoms in total. The Balaban J connectivity index is 1.63. The minimum Gasteiger partial charge on any atom is -0.472 e. The Bertz CT molecular complexity index is 239. The van der Waals surface area contributed by atoms with Crippen molar-refractivity contribution in [2.75, 3.05) is 6.54 Å². The van der Waals surface area contributed by atoms with Gasteiger partial charge in [-0.05, 0) is 37.3 Å². The summed E-state index contributed by atoms with van der Waals surface area (Å²) in [5.74, 6) is 1.84. The molecule has 0 aromatic carbocycles. The highest BCUT2D eigenvalue weighted by molar-refractivity contribution is 5.04. The molecule has 1 atom stereocenters. The minimum absolute atomic E-state index is 0.840. The van der Waals surface area contributed by atoms with Crippen LogP contribution in [-0.4, -0.2) is 6.54 Å². The van der Waals surface area contributed by atoms with E-state index in [1.807, 2.05) is 6.07 Å². The molecule has 0 spiro atoms. The summed E-state index contributed by atoms with van der Waals surface area (Å²) in [6.07, 6.45) is 6.40. The lowest BCUT2D eigenvalue weighted by molar-refractivity contribution is 0.460. The first kappa shape index (κ1) is 8.82. The van der Waals surface area contributed by atoms with Gasteiger partial charge in [0, 0.05) is 12.1 Å². The zero-order chi connectivity index (χ0) is 9.10. The summed E-state index contributed by atoms with van der Waals surface area (Å²) in [7, 11) is 0. The lowest BCUT2D eigenvalue weighted by Crippen LogP contribution is -2.21. The molecule has 1 saturated carbocycles. The van der Waals surface area contributed by atoms with Crippen molar-refractivity contribution in [3.63, 3.8) is 0 Å². The van der Waals surface area contributed by atoms with Crippen LogP contribution in [0.25, 0.3) is 0 Å². The zero-order valence-corrected chi connectivity index (χ0v) is 8.12. The van der Waals surface area contributed by atoms with Gasteiger partial charge < -0.3 is 9.73 Å². The third-order valence-corrected chi connectivity index (χ3v) is 2.80. The molecular formula is C11H17NO. The quantitative estimate of drug-likeness (QED) is 0.751. The van der Waals surface area contributed by atoms with Crippen molar-refractivity contribution in [1.29, 1.82) is 0 Å². The average molecular weight is 179 g/mol. The van der Waals surface area contributed by atoms with Crippen LogP contribution in [0.3, 0.4) is 0 Å². The number of hydrogen-bond acceptors (Lipinski definition) is 2. The van der Waals surface area contributed by atoms with Gasteiger partial charge in [-0.2, -0.15) is 0 Å². The maximum Gasteiger partial charge on any atom is 0.0947 e. The van der Waals surface area contributed by atoms with E-state index < -0.39 is 0 Å². The van der Waals surface area contributed by atoms with Gasteiger partial charge in [0.1, 0.15) is 0 Å². The molecule has 1 unspecified atom stereocenters. The van der Waals surface area contributed by atoms with Crippen molar-refractivity contribution in [2.24, 2.45) is 11.8 Å². The van der Waals surface area contributed by atoms with E-state index in [1.54, 1.807) is 12.5 Å². The minimum atomic E-state index is 0.840. The fraction of sp³-hybridized carbons (Fsp3) is 0.636. The normalized spacial score (nSPS) is 18.8. The molecule has 0 radical (unpaired) electrons. The van der Waals surface area contributed by atoms with Crippen LogP contribution >= 0.6 is 0 Å². The molecule has 1 aromatic rings. The van der Waals surface area contributed by atoms with Crippen molar-refractivity contribution < 1.29 is 4.42 Å². The summed E-state index contributed by atoms with van der Waals surface area (Å²) in [5.41, 5.74) is 1.24. The summed E-state index contributed by atoms with van der Waals surface area (Å²) in [6.45, 7) is 4.41. The van der Waals surface area contributed by atoms with E-state index >= 15 is 0 Å². The number of nitrogens with one attached hydrogen (secondary N) is 1. The molecule has 1 aliphatic rings. The topological polar surface area (TPSA) is 25.2 Å². The first-order valence-corrected chi connectivity index (χ1v) is 5.08. The van der Waals surface area contributed by atoms with E-state index in [0.29, 0.717) is 0 Å². The Morgan fingerprint density at radius 1 is 1.62 bits per heavy atom. The highest BCUT2D eigenvalue weighted by Gasteiger charge is 2.27. The van der Waals surface area contributed by atoms with Crippen LogP contribution in [0.15, 0.2) is 23.0 Å². The third kappa shape index (κ3) is 2.59. The van der Waals surface area contributed by atoms with Gasteiger partial charge in [0.15, 0.2) is 0 Å². The molecule has 0 amide bonds. The van der Waals surface area contributed by atoms with E-state index in [9.17, 15) is 0 Å². The summed E-state index contributed by atoms with van der Waals surface area (Å²) >= 11 is 0. The Kier molecular flexibility index (Phi) is 2.69. The Hall–Kier alpha value is -0.760. The molecule has 0 aliphatic heterocycles. The molecule has 2 heteroatoms. The van der Waals surface area contributed by atoms with E-state index in [1.165, 1.54) is 18.4 Å². The van der Waals surface area contributed by atoms with Gasteiger partial charge in [0.2, 0.25) is 0 Å². The highest BCUT2D eigenvalue weighted by Crippen LogP contribution is 2.36. The molecule has 0 bridgehead atoms. The van der Waals surface area contributed by atoms with Crippen molar-refractivity contribution in [1.82, 2.24) is 5.32 Å². The van der Waals surface area contributed by atoms with Crippen molar-refractivity contribution in [3.05, 3.63) is 24.2 Å². The summed E-state index contributed by atoms with van der Waals surface area (Å²) in [4.78, 5) is 0. The summed E-state index contributed by atoms with van der Waals surface area (Å²) in [5, 5.41) is 3.45. The maximum absolute atomic E-state index is 4.99. The molecule has 1 heterocycles. The fourth-order valence-corrected chi connectivity index (χ4v) is 1.67. The van der Waals surface area contributed by atoms with Crippen LogP contribution in [0, 0.1) is 11.8 Å². The Morgan fingerprint density at radius 3 is 3.08 bits per heavy atom. The molecule has 72 valence electrons. The van der Waals surface area contributed by atoms with Gasteiger partial charge in [0.05, 0.1) is 12.5 Å². The molecule has 1 fully saturated rings. The second kappa shape index (κ2) is 3.97. The zero-order valence-electron chi connectivity index (χ0n) is 8.12. The number of rotatable bonds is 5. The maximum atomic E-state index is 4.99. The second-order valence-electron chi connectivity index (χ2n) is 4.08. The summed E-state index contributed by atoms with van der Waals surface area (Å²) in [6, 6.07) is 2.01. The molecule has 1 N–H and O–H groups in total. The first-order chi connectivity index (χ1) is 6.36. The Morgan fingerprint density at radius 2 is 2.46 bits per heavy atom. The molecule has 1 aliphatic carbocycles. The van der Waals surface area contributed by atoms with E-state index in [2.05, 4.69) is 12.2 Å². The van der Waals surface area contributed by atoms with E-state index in [-0.39, 0.29) is 0 Å². The lowest BCUT2D eigenvalue weighted by atomic mass is 10.1. The van der Waals surface area contributed by atoms with Gasteiger partial charge in [-0.3, -0.25) is 0 Å². The van der Waals surface area contributed by atoms with Crippen LogP contribution < -0.4 is 5.32 Å². The first-order valence-electron chi connectivity index (χ1n) is 5.08. The molecule has 2 rings (SSSR count). The lowest BCUT2D eigenvalue weighted by Gasteiger charge is -2.09. The third-order valence-electron chi connectivity index (χ3n) is 2.80. The number of furan rings is 1. The van der Waals surface area contributed by atoms with E-state index in [0.717, 1.165) is 24.9 Å². The van der Waals surface area contributed by atoms with Crippen LogP contribution in [0.5, 0.6) is 0 Å². The van der Waals surface area contributed by atoms with Gasteiger partial charge in [-0.15, -0.1) is 0 Å². The standard InChI is InChI=1S/C11H17NO/c1-9(11-2-3-11)6-12-7-10-4-5-13-8-10/h4-5,8-9,11-12H,2-3,6-7H2,1H3. The molecule has 13 heavy (non-hydrogen) atoms. The van der Waals surface area contributed by atoms with Crippen LogP contribution in [0.2, 0.25) is 0 Å². The predicted octanol–water partition coefficient (Wildman–Crippen LogP) is 2.42. The molecule has 1 aromatic heterocycles. The van der Waals surface area contributed by atoms with Gasteiger partial charge in [-0.1, -0.05) is 6.92 Å². The highest BCUT2D eigenvalue weighted by atomic mass is 16.3. The Labute approximate surface area is 79.3 Å². The van der Waals surface area contributed by atoms with E-state index in [4.69, 9.17) is 4.42 Å². The SMILES string of the molecule is CC(CNCc1ccoc1)C1CC1. The predicted molar refractivity (Wildman–Crippen MR) is 52.3 cm³/mol. The van der Waals surface area contributed by atoms with Crippen LogP contribution in [0.1, 0.15) is 25.3 Å². The van der Waals surface area contributed by atoms with Crippen molar-refractivity contribution in [3.8, 4) is 0 Å². The second-order valence-corrected chi connectivity index (χ2v) is 4.08. The smallest absolute Gasteiger partial charge is 0.0947 e. The van der Waals surface area contributed by atoms with Gasteiger partial charge >= 0.3 is 0 Å². The molecule has 0 saturated heterocycles. The molecular weight excluding hydrogens is 162 g/mol. The van der Waals surface area contributed by atoms with Crippen LogP contribution in [-0.2, 0) is 6.54 Å². The largest absolute Gasteiger partial charge is 0.472 e. The summed E-state index contributed by atoms with van der Waals surface area (Å²) < 4.78 is 4.99.